The number of carbonyl (C=O) groups is 4. The highest BCUT2D eigenvalue weighted by Gasteiger charge is 2.46. The Labute approximate surface area is 187 Å². The van der Waals surface area contributed by atoms with Crippen LogP contribution in [0.3, 0.4) is 0 Å². The van der Waals surface area contributed by atoms with Gasteiger partial charge in [0.05, 0.1) is 6.42 Å². The van der Waals surface area contributed by atoms with E-state index < -0.39 is 12.1 Å². The summed E-state index contributed by atoms with van der Waals surface area (Å²) in [4.78, 5) is 55.7. The fourth-order valence-electron chi connectivity index (χ4n) is 5.93. The van der Waals surface area contributed by atoms with E-state index in [1.54, 1.807) is 0 Å². The maximum absolute atomic E-state index is 13.1. The first-order chi connectivity index (χ1) is 15.5. The maximum atomic E-state index is 13.1. The van der Waals surface area contributed by atoms with Crippen molar-refractivity contribution in [2.24, 2.45) is 11.8 Å². The monoisotopic (exact) mass is 438 g/mol. The van der Waals surface area contributed by atoms with Gasteiger partial charge in [-0.1, -0.05) is 30.3 Å². The molecule has 0 saturated carbocycles. The molecule has 8 heteroatoms. The van der Waals surface area contributed by atoms with Crippen molar-refractivity contribution in [1.29, 1.82) is 0 Å². The van der Waals surface area contributed by atoms with Crippen LogP contribution in [-0.2, 0) is 20.8 Å². The number of hydrogen-bond donors (Lipinski definition) is 1. The molecule has 0 aliphatic carbocycles. The highest BCUT2D eigenvalue weighted by atomic mass is 16.2. The minimum absolute atomic E-state index is 0.000832. The van der Waals surface area contributed by atoms with Gasteiger partial charge < -0.3 is 15.1 Å². The molecule has 1 aromatic rings. The van der Waals surface area contributed by atoms with Gasteiger partial charge in [0, 0.05) is 38.6 Å². The molecule has 4 saturated heterocycles. The van der Waals surface area contributed by atoms with Crippen molar-refractivity contribution >= 4 is 23.8 Å². The zero-order valence-electron chi connectivity index (χ0n) is 18.2. The Morgan fingerprint density at radius 3 is 2.69 bits per heavy atom. The van der Waals surface area contributed by atoms with Crippen LogP contribution in [0.25, 0.3) is 0 Å². The van der Waals surface area contributed by atoms with E-state index in [-0.39, 0.29) is 30.2 Å². The molecule has 32 heavy (non-hydrogen) atoms. The predicted molar refractivity (Wildman–Crippen MR) is 116 cm³/mol. The molecule has 1 aromatic carbocycles. The van der Waals surface area contributed by atoms with E-state index in [0.717, 1.165) is 31.4 Å². The van der Waals surface area contributed by atoms with Crippen LogP contribution in [0.2, 0.25) is 0 Å². The largest absolute Gasteiger partial charge is 0.342 e. The molecule has 5 amide bonds. The van der Waals surface area contributed by atoms with Crippen LogP contribution in [0.4, 0.5) is 4.79 Å². The average Bonchev–Trinajstić information content (AvgIpc) is 3.06. The van der Waals surface area contributed by atoms with Crippen LogP contribution in [0.1, 0.15) is 37.7 Å². The number of likely N-dealkylation sites (tertiary alicyclic amines) is 1. The second kappa shape index (κ2) is 8.56. The van der Waals surface area contributed by atoms with E-state index in [1.165, 1.54) is 4.90 Å². The Kier molecular flexibility index (Phi) is 5.61. The Morgan fingerprint density at radius 1 is 1.06 bits per heavy atom. The van der Waals surface area contributed by atoms with Gasteiger partial charge in [-0.05, 0) is 43.1 Å². The fourth-order valence-corrected chi connectivity index (χ4v) is 5.93. The molecule has 1 N–H and O–H groups in total. The highest BCUT2D eigenvalue weighted by molar-refractivity contribution is 6.05. The number of imide groups is 1. The van der Waals surface area contributed by atoms with Crippen molar-refractivity contribution in [2.75, 3.05) is 26.2 Å². The number of fused-ring (bicyclic) bond motifs is 4. The first kappa shape index (κ1) is 21.0. The van der Waals surface area contributed by atoms with Crippen LogP contribution >= 0.6 is 0 Å². The van der Waals surface area contributed by atoms with Crippen molar-refractivity contribution in [3.05, 3.63) is 35.9 Å². The lowest BCUT2D eigenvalue weighted by Gasteiger charge is -2.52. The number of hydrogen-bond acceptors (Lipinski definition) is 4. The third-order valence-corrected chi connectivity index (χ3v) is 7.49. The van der Waals surface area contributed by atoms with E-state index in [4.69, 9.17) is 0 Å². The van der Waals surface area contributed by atoms with Crippen molar-refractivity contribution in [1.82, 2.24) is 20.0 Å². The van der Waals surface area contributed by atoms with Gasteiger partial charge in [0.1, 0.15) is 6.04 Å². The minimum Gasteiger partial charge on any atom is -0.342 e. The van der Waals surface area contributed by atoms with E-state index in [1.807, 2.05) is 35.2 Å². The van der Waals surface area contributed by atoms with Gasteiger partial charge in [0.2, 0.25) is 11.8 Å². The summed E-state index contributed by atoms with van der Waals surface area (Å²) in [6, 6.07) is 8.75. The molecule has 1 unspecified atom stereocenters. The van der Waals surface area contributed by atoms with Gasteiger partial charge in [-0.2, -0.15) is 0 Å². The highest BCUT2D eigenvalue weighted by Crippen LogP contribution is 2.38. The summed E-state index contributed by atoms with van der Waals surface area (Å²) in [7, 11) is 0. The maximum Gasteiger partial charge on any atom is 0.324 e. The van der Waals surface area contributed by atoms with Gasteiger partial charge in [-0.15, -0.1) is 0 Å². The Bertz CT molecular complexity index is 920. The van der Waals surface area contributed by atoms with Gasteiger partial charge in [-0.25, -0.2) is 4.79 Å². The van der Waals surface area contributed by atoms with Crippen LogP contribution in [-0.4, -0.2) is 76.7 Å². The van der Waals surface area contributed by atoms with Gasteiger partial charge in [0.15, 0.2) is 0 Å². The van der Waals surface area contributed by atoms with E-state index in [9.17, 15) is 19.2 Å². The molecule has 0 aromatic heterocycles. The molecule has 5 rings (SSSR count). The second-order valence-corrected chi connectivity index (χ2v) is 9.60. The fraction of sp³-hybridized carbons (Fsp3) is 0.583. The Balaban J connectivity index is 1.18. The third-order valence-electron chi connectivity index (χ3n) is 7.49. The summed E-state index contributed by atoms with van der Waals surface area (Å²) in [5.41, 5.74) is 1.06. The van der Waals surface area contributed by atoms with Crippen LogP contribution in [0, 0.1) is 11.8 Å². The Hall–Kier alpha value is -2.90. The molecule has 4 atom stereocenters. The number of nitrogens with one attached hydrogen (secondary N) is 1. The molecule has 4 heterocycles. The Morgan fingerprint density at radius 2 is 1.88 bits per heavy atom. The molecule has 8 nitrogen and oxygen atoms in total. The topological polar surface area (TPSA) is 90.0 Å². The molecule has 4 aliphatic rings. The number of benzene rings is 1. The average molecular weight is 439 g/mol. The normalized spacial score (nSPS) is 29.8. The van der Waals surface area contributed by atoms with E-state index >= 15 is 0 Å². The second-order valence-electron chi connectivity index (χ2n) is 9.60. The number of piperidine rings is 3. The first-order valence-corrected chi connectivity index (χ1v) is 11.7. The number of carbonyl (C=O) groups excluding carboxylic acids is 4. The number of amides is 5. The minimum atomic E-state index is -0.791. The summed E-state index contributed by atoms with van der Waals surface area (Å²) in [5.74, 6) is 0.462. The van der Waals surface area contributed by atoms with Crippen molar-refractivity contribution < 1.29 is 19.2 Å². The van der Waals surface area contributed by atoms with Gasteiger partial charge >= 0.3 is 6.03 Å². The van der Waals surface area contributed by atoms with E-state index in [0.29, 0.717) is 44.3 Å². The predicted octanol–water partition coefficient (Wildman–Crippen LogP) is 1.40. The molecule has 2 bridgehead atoms. The SMILES string of the molecule is O=C(C[C@@H]1NC(=O)N(CCc2ccccc2)C1=O)N1C[C@H]2C[C@@H](C1)C1CCCC(=O)N1C2. The number of urea groups is 1. The lowest BCUT2D eigenvalue weighted by molar-refractivity contribution is -0.149. The molecule has 4 aliphatic heterocycles. The molecule has 170 valence electrons. The van der Waals surface area contributed by atoms with Crippen molar-refractivity contribution in [3.63, 3.8) is 0 Å². The van der Waals surface area contributed by atoms with Crippen LogP contribution in [0.5, 0.6) is 0 Å². The molecular weight excluding hydrogens is 408 g/mol. The standard InChI is InChI=1S/C24H30N4O4/c29-21-8-4-7-20-18-11-17(14-28(20)21)13-26(15-18)22(30)12-19-23(31)27(24(32)25-19)10-9-16-5-2-1-3-6-16/h1-3,5-6,17-20H,4,7-15H2,(H,25,32)/t17-,18+,19+,20?/m1/s1. The summed E-state index contributed by atoms with van der Waals surface area (Å²) < 4.78 is 0. The lowest BCUT2D eigenvalue weighted by atomic mass is 9.76. The zero-order valence-corrected chi connectivity index (χ0v) is 18.2. The summed E-state index contributed by atoms with van der Waals surface area (Å²) in [5, 5.41) is 2.70. The van der Waals surface area contributed by atoms with Crippen LogP contribution in [0.15, 0.2) is 30.3 Å². The van der Waals surface area contributed by atoms with Crippen molar-refractivity contribution in [2.45, 2.75) is 50.6 Å². The van der Waals surface area contributed by atoms with Crippen molar-refractivity contribution in [3.8, 4) is 0 Å². The summed E-state index contributed by atoms with van der Waals surface area (Å²) >= 11 is 0. The molecular formula is C24H30N4O4. The number of rotatable bonds is 5. The lowest BCUT2D eigenvalue weighted by Crippen LogP contribution is -2.61. The smallest absolute Gasteiger partial charge is 0.324 e. The van der Waals surface area contributed by atoms with E-state index in [2.05, 4.69) is 10.2 Å². The zero-order chi connectivity index (χ0) is 22.2. The quantitative estimate of drug-likeness (QED) is 0.704. The first-order valence-electron chi connectivity index (χ1n) is 11.7. The number of nitrogens with zero attached hydrogens (tertiary/aromatic N) is 3. The van der Waals surface area contributed by atoms with Gasteiger partial charge in [-0.3, -0.25) is 19.3 Å². The molecule has 0 spiro atoms. The molecule has 4 fully saturated rings. The summed E-state index contributed by atoms with van der Waals surface area (Å²) in [6.07, 6.45) is 4.23. The van der Waals surface area contributed by atoms with Crippen LogP contribution < -0.4 is 5.32 Å². The summed E-state index contributed by atoms with van der Waals surface area (Å²) in [6.45, 7) is 2.30. The molecule has 0 radical (unpaired) electrons. The van der Waals surface area contributed by atoms with Gasteiger partial charge in [0.25, 0.3) is 5.91 Å². The third kappa shape index (κ3) is 3.98.